The van der Waals surface area contributed by atoms with Gasteiger partial charge in [-0.05, 0) is 38.3 Å². The molecule has 1 atom stereocenters. The van der Waals surface area contributed by atoms with Crippen molar-refractivity contribution in [1.29, 1.82) is 0 Å². The summed E-state index contributed by atoms with van der Waals surface area (Å²) in [5, 5.41) is 0. The molecular formula is C19H24O4. The number of hydrogen-bond acceptors (Lipinski definition) is 4. The molecule has 23 heavy (non-hydrogen) atoms. The van der Waals surface area contributed by atoms with Crippen molar-refractivity contribution in [2.45, 2.75) is 33.6 Å². The maximum Gasteiger partial charge on any atom is 0.324 e. The molecule has 0 aliphatic heterocycles. The van der Waals surface area contributed by atoms with Crippen LogP contribution >= 0.6 is 0 Å². The molecule has 0 radical (unpaired) electrons. The summed E-state index contributed by atoms with van der Waals surface area (Å²) in [6, 6.07) is 7.87. The molecule has 4 nitrogen and oxygen atoms in total. The van der Waals surface area contributed by atoms with Crippen LogP contribution in [0.4, 0.5) is 0 Å². The smallest absolute Gasteiger partial charge is 0.324 e. The molecule has 0 aromatic heterocycles. The van der Waals surface area contributed by atoms with E-state index in [0.717, 1.165) is 16.7 Å². The average molecular weight is 316 g/mol. The third-order valence-electron chi connectivity index (χ3n) is 4.48. The van der Waals surface area contributed by atoms with Crippen molar-refractivity contribution in [3.05, 3.63) is 47.5 Å². The molecule has 2 rings (SSSR count). The number of fused-ring (bicyclic) bond motifs is 1. The van der Waals surface area contributed by atoms with Gasteiger partial charge in [-0.1, -0.05) is 36.4 Å². The molecule has 1 aromatic rings. The Balaban J connectivity index is 2.58. The predicted molar refractivity (Wildman–Crippen MR) is 87.9 cm³/mol. The van der Waals surface area contributed by atoms with Crippen molar-refractivity contribution >= 4 is 11.9 Å². The van der Waals surface area contributed by atoms with E-state index in [2.05, 4.69) is 6.58 Å². The SMILES string of the molecule is C=C(C)C1Cc2ccccc2CC1(C(=O)OCC)C(=O)OCC. The Morgan fingerprint density at radius 2 is 1.65 bits per heavy atom. The van der Waals surface area contributed by atoms with E-state index in [1.165, 1.54) is 0 Å². The molecule has 1 aliphatic carbocycles. The van der Waals surface area contributed by atoms with Gasteiger partial charge >= 0.3 is 11.9 Å². The molecule has 0 heterocycles. The lowest BCUT2D eigenvalue weighted by Gasteiger charge is -2.41. The number of esters is 2. The van der Waals surface area contributed by atoms with Gasteiger partial charge in [0.2, 0.25) is 0 Å². The highest BCUT2D eigenvalue weighted by atomic mass is 16.6. The number of benzene rings is 1. The maximum atomic E-state index is 12.8. The molecule has 0 amide bonds. The Labute approximate surface area is 137 Å². The van der Waals surface area contributed by atoms with Crippen LogP contribution in [0.5, 0.6) is 0 Å². The van der Waals surface area contributed by atoms with Crippen LogP contribution in [0, 0.1) is 11.3 Å². The lowest BCUT2D eigenvalue weighted by molar-refractivity contribution is -0.176. The van der Waals surface area contributed by atoms with Crippen molar-refractivity contribution in [2.24, 2.45) is 11.3 Å². The summed E-state index contributed by atoms with van der Waals surface area (Å²) in [6.45, 7) is 9.80. The van der Waals surface area contributed by atoms with Crippen LogP contribution in [0.1, 0.15) is 31.9 Å². The van der Waals surface area contributed by atoms with E-state index in [9.17, 15) is 9.59 Å². The number of ether oxygens (including phenoxy) is 2. The van der Waals surface area contributed by atoms with Crippen LogP contribution in [-0.4, -0.2) is 25.2 Å². The van der Waals surface area contributed by atoms with Gasteiger partial charge in [-0.25, -0.2) is 0 Å². The van der Waals surface area contributed by atoms with E-state index in [4.69, 9.17) is 9.47 Å². The molecule has 0 fully saturated rings. The molecular weight excluding hydrogens is 292 g/mol. The van der Waals surface area contributed by atoms with Crippen molar-refractivity contribution in [3.63, 3.8) is 0 Å². The van der Waals surface area contributed by atoms with Crippen LogP contribution in [0.25, 0.3) is 0 Å². The quantitative estimate of drug-likeness (QED) is 0.476. The number of allylic oxidation sites excluding steroid dienone is 1. The molecule has 0 N–H and O–H groups in total. The number of carbonyl (C=O) groups is 2. The fourth-order valence-electron chi connectivity index (χ4n) is 3.37. The van der Waals surface area contributed by atoms with Crippen molar-refractivity contribution in [3.8, 4) is 0 Å². The molecule has 0 saturated carbocycles. The summed E-state index contributed by atoms with van der Waals surface area (Å²) in [7, 11) is 0. The summed E-state index contributed by atoms with van der Waals surface area (Å²) < 4.78 is 10.5. The minimum atomic E-state index is -1.34. The fraction of sp³-hybridized carbons (Fsp3) is 0.474. The molecule has 1 aromatic carbocycles. The van der Waals surface area contributed by atoms with Gasteiger partial charge in [0.05, 0.1) is 13.2 Å². The number of rotatable bonds is 5. The van der Waals surface area contributed by atoms with Crippen LogP contribution in [0.3, 0.4) is 0 Å². The van der Waals surface area contributed by atoms with Gasteiger partial charge in [-0.15, -0.1) is 0 Å². The van der Waals surface area contributed by atoms with Crippen molar-refractivity contribution < 1.29 is 19.1 Å². The minimum Gasteiger partial charge on any atom is -0.465 e. The van der Waals surface area contributed by atoms with Gasteiger partial charge < -0.3 is 9.47 Å². The third kappa shape index (κ3) is 3.03. The molecule has 0 bridgehead atoms. The molecule has 4 heteroatoms. The van der Waals surface area contributed by atoms with E-state index >= 15 is 0 Å². The van der Waals surface area contributed by atoms with E-state index < -0.39 is 17.4 Å². The zero-order valence-electron chi connectivity index (χ0n) is 14.1. The second kappa shape index (κ2) is 6.99. The summed E-state index contributed by atoms with van der Waals surface area (Å²) in [5.41, 5.74) is 1.59. The monoisotopic (exact) mass is 316 g/mol. The third-order valence-corrected chi connectivity index (χ3v) is 4.48. The van der Waals surface area contributed by atoms with Crippen LogP contribution in [0.2, 0.25) is 0 Å². The van der Waals surface area contributed by atoms with Crippen LogP contribution < -0.4 is 0 Å². The highest BCUT2D eigenvalue weighted by Gasteiger charge is 2.57. The van der Waals surface area contributed by atoms with Gasteiger partial charge in [0.25, 0.3) is 0 Å². The average Bonchev–Trinajstić information content (AvgIpc) is 2.53. The topological polar surface area (TPSA) is 52.6 Å². The molecule has 1 aliphatic rings. The number of carbonyl (C=O) groups excluding carboxylic acids is 2. The van der Waals surface area contributed by atoms with E-state index in [1.807, 2.05) is 31.2 Å². The second-order valence-corrected chi connectivity index (χ2v) is 5.96. The minimum absolute atomic E-state index is 0.227. The lowest BCUT2D eigenvalue weighted by Crippen LogP contribution is -2.52. The first-order valence-electron chi connectivity index (χ1n) is 8.04. The fourth-order valence-corrected chi connectivity index (χ4v) is 3.37. The Kier molecular flexibility index (Phi) is 5.24. The Hall–Kier alpha value is -2.10. The van der Waals surface area contributed by atoms with E-state index in [-0.39, 0.29) is 19.1 Å². The first-order valence-corrected chi connectivity index (χ1v) is 8.04. The molecule has 0 saturated heterocycles. The summed E-state index contributed by atoms with van der Waals surface area (Å²) >= 11 is 0. The molecule has 1 unspecified atom stereocenters. The van der Waals surface area contributed by atoms with Gasteiger partial charge in [-0.3, -0.25) is 9.59 Å². The molecule has 0 spiro atoms. The molecule has 124 valence electrons. The van der Waals surface area contributed by atoms with Gasteiger partial charge in [-0.2, -0.15) is 0 Å². The zero-order valence-corrected chi connectivity index (χ0v) is 14.1. The highest BCUT2D eigenvalue weighted by Crippen LogP contribution is 2.45. The van der Waals surface area contributed by atoms with Crippen LogP contribution in [-0.2, 0) is 31.9 Å². The van der Waals surface area contributed by atoms with Gasteiger partial charge in [0.15, 0.2) is 5.41 Å². The highest BCUT2D eigenvalue weighted by molar-refractivity contribution is 6.01. The Morgan fingerprint density at radius 1 is 1.13 bits per heavy atom. The zero-order chi connectivity index (χ0) is 17.0. The van der Waals surface area contributed by atoms with Crippen molar-refractivity contribution in [2.75, 3.05) is 13.2 Å². The normalized spacial score (nSPS) is 18.7. The maximum absolute atomic E-state index is 12.8. The largest absolute Gasteiger partial charge is 0.465 e. The Bertz CT molecular complexity index is 600. The second-order valence-electron chi connectivity index (χ2n) is 5.96. The Morgan fingerprint density at radius 3 is 2.13 bits per heavy atom. The van der Waals surface area contributed by atoms with Crippen LogP contribution in [0.15, 0.2) is 36.4 Å². The number of hydrogen-bond donors (Lipinski definition) is 0. The predicted octanol–water partition coefficient (Wildman–Crippen LogP) is 3.09. The summed E-state index contributed by atoms with van der Waals surface area (Å²) in [6.07, 6.45) is 0.876. The first kappa shape index (κ1) is 17.3. The van der Waals surface area contributed by atoms with Gasteiger partial charge in [0.1, 0.15) is 0 Å². The standard InChI is InChI=1S/C19H24O4/c1-5-22-17(20)19(18(21)23-6-2)12-15-10-8-7-9-14(15)11-16(19)13(3)4/h7-10,16H,3,5-6,11-12H2,1-2,4H3. The van der Waals surface area contributed by atoms with E-state index in [0.29, 0.717) is 12.8 Å². The van der Waals surface area contributed by atoms with Gasteiger partial charge in [0, 0.05) is 12.3 Å². The first-order chi connectivity index (χ1) is 11.0. The van der Waals surface area contributed by atoms with E-state index in [1.54, 1.807) is 13.8 Å². The van der Waals surface area contributed by atoms with Crippen molar-refractivity contribution in [1.82, 2.24) is 0 Å². The summed E-state index contributed by atoms with van der Waals surface area (Å²) in [4.78, 5) is 25.6. The lowest BCUT2D eigenvalue weighted by atomic mass is 9.62. The summed E-state index contributed by atoms with van der Waals surface area (Å²) in [5.74, 6) is -1.35.